The maximum absolute atomic E-state index is 12.4. The molecule has 1 atom stereocenters. The average molecular weight is 402 g/mol. The van der Waals surface area contributed by atoms with Gasteiger partial charge in [0.15, 0.2) is 0 Å². The molecule has 2 aliphatic rings. The fraction of sp³-hybridized carbons (Fsp3) is 0.409. The molecule has 1 N–H and O–H groups in total. The van der Waals surface area contributed by atoms with Crippen molar-refractivity contribution in [1.82, 2.24) is 0 Å². The topological polar surface area (TPSA) is 56.8 Å². The lowest BCUT2D eigenvalue weighted by atomic mass is 9.76. The van der Waals surface area contributed by atoms with E-state index in [4.69, 9.17) is 25.8 Å². The molecule has 4 rings (SSSR count). The van der Waals surface area contributed by atoms with Gasteiger partial charge in [-0.3, -0.25) is 0 Å². The van der Waals surface area contributed by atoms with Gasteiger partial charge < -0.3 is 19.5 Å². The first-order chi connectivity index (χ1) is 13.3. The van der Waals surface area contributed by atoms with Crippen LogP contribution in [0.25, 0.3) is 0 Å². The molecule has 1 unspecified atom stereocenters. The molecule has 28 heavy (non-hydrogen) atoms. The van der Waals surface area contributed by atoms with E-state index in [1.165, 1.54) is 0 Å². The van der Waals surface area contributed by atoms with Crippen molar-refractivity contribution in [3.8, 4) is 11.5 Å². The smallest absolute Gasteiger partial charge is 0.338 e. The number of carbonyl (C=O) groups is 1. The van der Waals surface area contributed by atoms with Gasteiger partial charge in [-0.25, -0.2) is 4.79 Å². The van der Waals surface area contributed by atoms with Crippen LogP contribution in [0.1, 0.15) is 43.1 Å². The lowest BCUT2D eigenvalue weighted by Gasteiger charge is -2.37. The molecule has 1 spiro atoms. The summed E-state index contributed by atoms with van der Waals surface area (Å²) in [6.07, 6.45) is 0.835. The summed E-state index contributed by atoms with van der Waals surface area (Å²) in [6.45, 7) is 7.38. The molecule has 0 radical (unpaired) electrons. The number of anilines is 1. The van der Waals surface area contributed by atoms with Crippen LogP contribution in [0.4, 0.5) is 5.69 Å². The Morgan fingerprint density at radius 2 is 1.96 bits per heavy atom. The summed E-state index contributed by atoms with van der Waals surface area (Å²) < 4.78 is 17.5. The normalized spacial score (nSPS) is 20.7. The fourth-order valence-corrected chi connectivity index (χ4v) is 3.83. The number of esters is 1. The second kappa shape index (κ2) is 6.89. The third kappa shape index (κ3) is 3.63. The van der Waals surface area contributed by atoms with Gasteiger partial charge in [0.25, 0.3) is 0 Å². The summed E-state index contributed by atoms with van der Waals surface area (Å²) in [5.74, 6) is 1.19. The SMILES string of the molecule is CC(C)(C)OC(=O)c1ccc2c(c1)NCC1(CCOc3cc(Cl)ccc31)CO2. The van der Waals surface area contributed by atoms with Crippen LogP contribution in [0.5, 0.6) is 11.5 Å². The molecule has 0 bridgehead atoms. The van der Waals surface area contributed by atoms with Gasteiger partial charge in [0.05, 0.1) is 29.9 Å². The third-order valence-corrected chi connectivity index (χ3v) is 5.32. The summed E-state index contributed by atoms with van der Waals surface area (Å²) in [4.78, 5) is 12.4. The van der Waals surface area contributed by atoms with Gasteiger partial charge in [-0.05, 0) is 57.5 Å². The standard InChI is InChI=1S/C22H24ClNO4/c1-21(2,3)28-20(25)14-4-7-18-17(10-14)24-12-22(13-27-18)8-9-26-19-11-15(23)5-6-16(19)22/h4-7,10-11,24H,8-9,12-13H2,1-3H3. The Bertz CT molecular complexity index is 921. The van der Waals surface area contributed by atoms with Crippen molar-refractivity contribution in [2.75, 3.05) is 25.1 Å². The van der Waals surface area contributed by atoms with Crippen LogP contribution in [0.2, 0.25) is 5.02 Å². The first-order valence-corrected chi connectivity index (χ1v) is 9.81. The van der Waals surface area contributed by atoms with E-state index in [0.29, 0.717) is 30.3 Å². The highest BCUT2D eigenvalue weighted by atomic mass is 35.5. The molecule has 0 aliphatic carbocycles. The van der Waals surface area contributed by atoms with Crippen LogP contribution in [0.3, 0.4) is 0 Å². The number of hydrogen-bond acceptors (Lipinski definition) is 5. The first-order valence-electron chi connectivity index (χ1n) is 9.43. The average Bonchev–Trinajstić information content (AvgIpc) is 2.80. The predicted octanol–water partition coefficient (Wildman–Crippen LogP) is 4.82. The maximum atomic E-state index is 12.4. The zero-order valence-electron chi connectivity index (χ0n) is 16.3. The van der Waals surface area contributed by atoms with Crippen LogP contribution in [-0.4, -0.2) is 31.3 Å². The Morgan fingerprint density at radius 3 is 2.75 bits per heavy atom. The fourth-order valence-electron chi connectivity index (χ4n) is 3.67. The molecule has 2 heterocycles. The molecule has 5 nitrogen and oxygen atoms in total. The Morgan fingerprint density at radius 1 is 1.14 bits per heavy atom. The summed E-state index contributed by atoms with van der Waals surface area (Å²) in [7, 11) is 0. The van der Waals surface area contributed by atoms with Gasteiger partial charge in [0, 0.05) is 17.1 Å². The maximum Gasteiger partial charge on any atom is 0.338 e. The van der Waals surface area contributed by atoms with E-state index in [1.54, 1.807) is 12.1 Å². The van der Waals surface area contributed by atoms with Gasteiger partial charge in [-0.15, -0.1) is 0 Å². The number of hydrogen-bond donors (Lipinski definition) is 1. The number of rotatable bonds is 1. The number of nitrogens with one attached hydrogen (secondary N) is 1. The molecule has 6 heteroatoms. The monoisotopic (exact) mass is 401 g/mol. The molecular weight excluding hydrogens is 378 g/mol. The van der Waals surface area contributed by atoms with Crippen molar-refractivity contribution in [3.05, 3.63) is 52.5 Å². The summed E-state index contributed by atoms with van der Waals surface area (Å²) in [5.41, 5.74) is 1.63. The molecule has 0 saturated heterocycles. The molecule has 2 aromatic carbocycles. The van der Waals surface area contributed by atoms with Gasteiger partial charge in [0.2, 0.25) is 0 Å². The van der Waals surface area contributed by atoms with Crippen LogP contribution in [-0.2, 0) is 10.2 Å². The van der Waals surface area contributed by atoms with E-state index in [2.05, 4.69) is 5.32 Å². The van der Waals surface area contributed by atoms with Crippen molar-refractivity contribution in [3.63, 3.8) is 0 Å². The van der Waals surface area contributed by atoms with Crippen LogP contribution in [0.15, 0.2) is 36.4 Å². The molecular formula is C22H24ClNO4. The Kier molecular flexibility index (Phi) is 4.66. The molecule has 148 valence electrons. The zero-order valence-corrected chi connectivity index (χ0v) is 17.1. The minimum atomic E-state index is -0.537. The van der Waals surface area contributed by atoms with Gasteiger partial charge in [-0.1, -0.05) is 17.7 Å². The Balaban J connectivity index is 1.61. The zero-order chi connectivity index (χ0) is 19.9. The van der Waals surface area contributed by atoms with Crippen molar-refractivity contribution in [2.45, 2.75) is 38.2 Å². The van der Waals surface area contributed by atoms with Crippen molar-refractivity contribution in [2.24, 2.45) is 0 Å². The minimum absolute atomic E-state index is 0.219. The highest BCUT2D eigenvalue weighted by molar-refractivity contribution is 6.30. The minimum Gasteiger partial charge on any atom is -0.493 e. The van der Waals surface area contributed by atoms with Gasteiger partial charge >= 0.3 is 5.97 Å². The van der Waals surface area contributed by atoms with Crippen molar-refractivity contribution in [1.29, 1.82) is 0 Å². The molecule has 0 aromatic heterocycles. The number of benzene rings is 2. The quantitative estimate of drug-likeness (QED) is 0.694. The van der Waals surface area contributed by atoms with E-state index >= 15 is 0 Å². The lowest BCUT2D eigenvalue weighted by Crippen LogP contribution is -2.43. The Hall–Kier alpha value is -2.40. The van der Waals surface area contributed by atoms with E-state index in [-0.39, 0.29) is 11.4 Å². The van der Waals surface area contributed by atoms with E-state index in [0.717, 1.165) is 29.2 Å². The summed E-state index contributed by atoms with van der Waals surface area (Å²) in [6, 6.07) is 11.1. The first kappa shape index (κ1) is 18.9. The second-order valence-corrected chi connectivity index (χ2v) is 8.81. The van der Waals surface area contributed by atoms with Gasteiger partial charge in [-0.2, -0.15) is 0 Å². The van der Waals surface area contributed by atoms with Crippen molar-refractivity contribution < 1.29 is 19.0 Å². The highest BCUT2D eigenvalue weighted by Crippen LogP contribution is 2.43. The highest BCUT2D eigenvalue weighted by Gasteiger charge is 2.40. The lowest BCUT2D eigenvalue weighted by molar-refractivity contribution is 0.00695. The molecule has 0 saturated carbocycles. The largest absolute Gasteiger partial charge is 0.493 e. The number of ether oxygens (including phenoxy) is 3. The second-order valence-electron chi connectivity index (χ2n) is 8.37. The van der Waals surface area contributed by atoms with E-state index in [9.17, 15) is 4.79 Å². The summed E-state index contributed by atoms with van der Waals surface area (Å²) in [5, 5.41) is 4.13. The molecule has 2 aromatic rings. The summed E-state index contributed by atoms with van der Waals surface area (Å²) >= 11 is 6.13. The van der Waals surface area contributed by atoms with Crippen LogP contribution >= 0.6 is 11.6 Å². The molecule has 0 fully saturated rings. The number of carbonyl (C=O) groups excluding carboxylic acids is 1. The number of halogens is 1. The predicted molar refractivity (Wildman–Crippen MR) is 109 cm³/mol. The van der Waals surface area contributed by atoms with Crippen molar-refractivity contribution >= 4 is 23.3 Å². The molecule has 2 aliphatic heterocycles. The van der Waals surface area contributed by atoms with Crippen LogP contribution in [0, 0.1) is 0 Å². The number of fused-ring (bicyclic) bond motifs is 3. The van der Waals surface area contributed by atoms with Crippen LogP contribution < -0.4 is 14.8 Å². The third-order valence-electron chi connectivity index (χ3n) is 5.09. The molecule has 0 amide bonds. The van der Waals surface area contributed by atoms with E-state index in [1.807, 2.05) is 45.0 Å². The van der Waals surface area contributed by atoms with Gasteiger partial charge in [0.1, 0.15) is 17.1 Å². The Labute approximate surface area is 169 Å². The van der Waals surface area contributed by atoms with E-state index < -0.39 is 5.60 Å².